The van der Waals surface area contributed by atoms with Crippen molar-refractivity contribution in [2.45, 2.75) is 51.7 Å². The van der Waals surface area contributed by atoms with Crippen LogP contribution in [0.4, 0.5) is 0 Å². The minimum Gasteiger partial charge on any atom is -0.390 e. The quantitative estimate of drug-likeness (QED) is 0.507. The van der Waals surface area contributed by atoms with Gasteiger partial charge >= 0.3 is 0 Å². The molecule has 1 aliphatic carbocycles. The summed E-state index contributed by atoms with van der Waals surface area (Å²) in [6, 6.07) is 0. The highest BCUT2D eigenvalue weighted by Gasteiger charge is 2.24. The first-order valence-electron chi connectivity index (χ1n) is 4.55. The maximum Gasteiger partial charge on any atom is 0.153 e. The van der Waals surface area contributed by atoms with E-state index in [1.54, 1.807) is 0 Å². The number of hydrogen-bond acceptors (Lipinski definition) is 3. The van der Waals surface area contributed by atoms with Crippen molar-refractivity contribution >= 4 is 5.71 Å². The number of nitrogens with zero attached hydrogens (tertiary/aromatic N) is 1. The van der Waals surface area contributed by atoms with Gasteiger partial charge in [0.1, 0.15) is 0 Å². The zero-order valence-corrected chi connectivity index (χ0v) is 7.79. The molecule has 0 saturated heterocycles. The van der Waals surface area contributed by atoms with Crippen LogP contribution in [0, 0.1) is 0 Å². The lowest BCUT2D eigenvalue weighted by molar-refractivity contribution is -0.0571. The molecule has 0 spiro atoms. The summed E-state index contributed by atoms with van der Waals surface area (Å²) in [6.07, 6.45) is 3.63. The number of rotatable bonds is 2. The number of hydrogen-bond donors (Lipinski definition) is 1. The third-order valence-corrected chi connectivity index (χ3v) is 2.04. The Morgan fingerprint density at radius 2 is 2.00 bits per heavy atom. The molecule has 1 fully saturated rings. The summed E-state index contributed by atoms with van der Waals surface area (Å²) < 4.78 is 0. The molecule has 2 atom stereocenters. The lowest BCUT2D eigenvalue weighted by Gasteiger charge is -2.25. The molecule has 1 rings (SSSR count). The van der Waals surface area contributed by atoms with Crippen LogP contribution >= 0.6 is 0 Å². The number of aliphatic hydroxyl groups is 1. The summed E-state index contributed by atoms with van der Waals surface area (Å²) in [7, 11) is 0. The van der Waals surface area contributed by atoms with Gasteiger partial charge in [0.05, 0.1) is 11.8 Å². The van der Waals surface area contributed by atoms with Crippen LogP contribution in [0.15, 0.2) is 5.16 Å². The van der Waals surface area contributed by atoms with E-state index in [0.29, 0.717) is 0 Å². The van der Waals surface area contributed by atoms with Gasteiger partial charge in [-0.2, -0.15) is 0 Å². The lowest BCUT2D eigenvalue weighted by Crippen LogP contribution is -2.31. The van der Waals surface area contributed by atoms with E-state index in [0.717, 1.165) is 31.4 Å². The van der Waals surface area contributed by atoms with Crippen molar-refractivity contribution in [3.8, 4) is 0 Å². The van der Waals surface area contributed by atoms with Gasteiger partial charge in [-0.05, 0) is 33.1 Å². The molecule has 0 aromatic carbocycles. The average molecular weight is 171 g/mol. The molecule has 12 heavy (non-hydrogen) atoms. The van der Waals surface area contributed by atoms with Crippen molar-refractivity contribution in [2.75, 3.05) is 0 Å². The summed E-state index contributed by atoms with van der Waals surface area (Å²) in [5, 5.41) is 13.3. The third-order valence-electron chi connectivity index (χ3n) is 2.04. The Hall–Kier alpha value is -0.570. The van der Waals surface area contributed by atoms with Gasteiger partial charge < -0.3 is 9.94 Å². The molecule has 70 valence electrons. The normalized spacial score (nSPS) is 29.6. The Bertz CT molecular complexity index is 164. The molecule has 0 aromatic rings. The van der Waals surface area contributed by atoms with Crippen molar-refractivity contribution in [3.05, 3.63) is 0 Å². The largest absolute Gasteiger partial charge is 0.390 e. The highest BCUT2D eigenvalue weighted by Crippen LogP contribution is 2.21. The van der Waals surface area contributed by atoms with Gasteiger partial charge in [-0.15, -0.1) is 0 Å². The van der Waals surface area contributed by atoms with Gasteiger partial charge in [-0.1, -0.05) is 11.6 Å². The van der Waals surface area contributed by atoms with Crippen molar-refractivity contribution < 1.29 is 9.94 Å². The number of aliphatic hydroxyl groups excluding tert-OH is 1. The Morgan fingerprint density at radius 1 is 1.33 bits per heavy atom. The molecule has 0 radical (unpaired) electrons. The van der Waals surface area contributed by atoms with Crippen LogP contribution in [0.1, 0.15) is 39.5 Å². The van der Waals surface area contributed by atoms with E-state index < -0.39 is 0 Å². The minimum atomic E-state index is -0.318. The fourth-order valence-corrected chi connectivity index (χ4v) is 1.37. The standard InChI is InChI=1S/C9H17NO2/c1-7(2)10-12-9-6-4-3-5-8(9)11/h8-9,11H,3-6H2,1-2H3. The molecule has 1 aliphatic rings. The molecule has 3 heteroatoms. The maximum absolute atomic E-state index is 9.49. The molecule has 0 bridgehead atoms. The SMILES string of the molecule is CC(C)=NOC1CCCCC1O. The van der Waals surface area contributed by atoms with E-state index in [1.807, 2.05) is 13.8 Å². The summed E-state index contributed by atoms with van der Waals surface area (Å²) in [6.45, 7) is 3.77. The highest BCUT2D eigenvalue weighted by atomic mass is 16.6. The van der Waals surface area contributed by atoms with Crippen LogP contribution in [-0.2, 0) is 4.84 Å². The topological polar surface area (TPSA) is 41.8 Å². The second-order valence-corrected chi connectivity index (χ2v) is 3.53. The predicted molar refractivity (Wildman–Crippen MR) is 48.1 cm³/mol. The van der Waals surface area contributed by atoms with Crippen LogP contribution in [0.3, 0.4) is 0 Å². The Labute approximate surface area is 73.4 Å². The predicted octanol–water partition coefficient (Wildman–Crippen LogP) is 1.70. The third kappa shape index (κ3) is 2.81. The van der Waals surface area contributed by atoms with Crippen molar-refractivity contribution in [3.63, 3.8) is 0 Å². The zero-order chi connectivity index (χ0) is 8.97. The molecule has 0 aromatic heterocycles. The summed E-state index contributed by atoms with van der Waals surface area (Å²) in [5.41, 5.74) is 0.896. The van der Waals surface area contributed by atoms with E-state index in [2.05, 4.69) is 5.16 Å². The average Bonchev–Trinajstić information content (AvgIpc) is 2.03. The van der Waals surface area contributed by atoms with Gasteiger partial charge in [0, 0.05) is 0 Å². The number of oxime groups is 1. The molecule has 2 unspecified atom stereocenters. The molecule has 1 saturated carbocycles. The van der Waals surface area contributed by atoms with E-state index in [9.17, 15) is 5.11 Å². The Morgan fingerprint density at radius 3 is 2.58 bits per heavy atom. The zero-order valence-electron chi connectivity index (χ0n) is 7.79. The molecule has 0 aliphatic heterocycles. The van der Waals surface area contributed by atoms with Crippen molar-refractivity contribution in [1.29, 1.82) is 0 Å². The van der Waals surface area contributed by atoms with Crippen LogP contribution < -0.4 is 0 Å². The molecule has 1 N–H and O–H groups in total. The summed E-state index contributed by atoms with van der Waals surface area (Å²) in [5.74, 6) is 0. The lowest BCUT2D eigenvalue weighted by atomic mass is 9.95. The smallest absolute Gasteiger partial charge is 0.153 e. The molecule has 0 amide bonds. The molecular formula is C9H17NO2. The summed E-state index contributed by atoms with van der Waals surface area (Å²) >= 11 is 0. The molecule has 3 nitrogen and oxygen atoms in total. The van der Waals surface area contributed by atoms with Gasteiger partial charge in [0.2, 0.25) is 0 Å². The minimum absolute atomic E-state index is 0.0753. The van der Waals surface area contributed by atoms with Crippen LogP contribution in [0.5, 0.6) is 0 Å². The van der Waals surface area contributed by atoms with Crippen molar-refractivity contribution in [2.24, 2.45) is 5.16 Å². The van der Waals surface area contributed by atoms with Gasteiger partial charge in [0.15, 0.2) is 6.10 Å². The van der Waals surface area contributed by atoms with Gasteiger partial charge in [0.25, 0.3) is 0 Å². The van der Waals surface area contributed by atoms with E-state index in [4.69, 9.17) is 4.84 Å². The Balaban J connectivity index is 2.34. The fourth-order valence-electron chi connectivity index (χ4n) is 1.37. The Kier molecular flexibility index (Phi) is 3.53. The van der Waals surface area contributed by atoms with Gasteiger partial charge in [-0.3, -0.25) is 0 Å². The first-order valence-corrected chi connectivity index (χ1v) is 4.55. The first-order chi connectivity index (χ1) is 5.70. The molecular weight excluding hydrogens is 154 g/mol. The van der Waals surface area contributed by atoms with Crippen LogP contribution in [-0.4, -0.2) is 23.0 Å². The first kappa shape index (κ1) is 9.52. The van der Waals surface area contributed by atoms with E-state index in [-0.39, 0.29) is 12.2 Å². The highest BCUT2D eigenvalue weighted by molar-refractivity contribution is 5.78. The van der Waals surface area contributed by atoms with Crippen molar-refractivity contribution in [1.82, 2.24) is 0 Å². The second-order valence-electron chi connectivity index (χ2n) is 3.53. The fraction of sp³-hybridized carbons (Fsp3) is 0.889. The summed E-state index contributed by atoms with van der Waals surface area (Å²) in [4.78, 5) is 5.19. The van der Waals surface area contributed by atoms with Crippen LogP contribution in [0.2, 0.25) is 0 Å². The molecule has 0 heterocycles. The monoisotopic (exact) mass is 171 g/mol. The van der Waals surface area contributed by atoms with Gasteiger partial charge in [-0.25, -0.2) is 0 Å². The van der Waals surface area contributed by atoms with E-state index in [1.165, 1.54) is 0 Å². The van der Waals surface area contributed by atoms with E-state index >= 15 is 0 Å². The maximum atomic E-state index is 9.49. The second kappa shape index (κ2) is 4.45. The van der Waals surface area contributed by atoms with Crippen LogP contribution in [0.25, 0.3) is 0 Å².